The van der Waals surface area contributed by atoms with E-state index in [2.05, 4.69) is 66.1 Å². The molecule has 2 unspecified atom stereocenters. The number of hydrogen-bond acceptors (Lipinski definition) is 3. The summed E-state index contributed by atoms with van der Waals surface area (Å²) in [6, 6.07) is 16.6. The van der Waals surface area contributed by atoms with Crippen molar-refractivity contribution >= 4 is 0 Å². The number of ether oxygens (including phenoxy) is 1. The molecule has 2 saturated heterocycles. The first kappa shape index (κ1) is 18.5. The average molecular weight is 365 g/mol. The lowest BCUT2D eigenvalue weighted by Gasteiger charge is -2.49. The van der Waals surface area contributed by atoms with Gasteiger partial charge in [0.15, 0.2) is 0 Å². The number of benzene rings is 2. The highest BCUT2D eigenvalue weighted by molar-refractivity contribution is 5.45. The molecule has 0 spiro atoms. The third-order valence-electron chi connectivity index (χ3n) is 6.63. The second-order valence-electron chi connectivity index (χ2n) is 8.17. The Bertz CT molecular complexity index is 773. The summed E-state index contributed by atoms with van der Waals surface area (Å²) in [5.41, 5.74) is 5.64. The van der Waals surface area contributed by atoms with Gasteiger partial charge in [-0.05, 0) is 61.4 Å². The minimum Gasteiger partial charge on any atom is -0.496 e. The molecular formula is C24H32N2O. The first-order chi connectivity index (χ1) is 13.2. The van der Waals surface area contributed by atoms with Gasteiger partial charge in [0, 0.05) is 38.3 Å². The molecule has 2 aliphatic heterocycles. The molecule has 0 N–H and O–H groups in total. The van der Waals surface area contributed by atoms with Gasteiger partial charge in [0.1, 0.15) is 5.75 Å². The molecule has 2 aromatic carbocycles. The fourth-order valence-corrected chi connectivity index (χ4v) is 5.03. The first-order valence-electron chi connectivity index (χ1n) is 10.3. The Balaban J connectivity index is 1.50. The smallest absolute Gasteiger partial charge is 0.122 e. The van der Waals surface area contributed by atoms with Crippen LogP contribution in [-0.2, 0) is 6.54 Å². The molecule has 2 aliphatic rings. The van der Waals surface area contributed by atoms with Crippen molar-refractivity contribution < 1.29 is 4.74 Å². The summed E-state index contributed by atoms with van der Waals surface area (Å²) in [7, 11) is 1.77. The minimum absolute atomic E-state index is 0.562. The maximum Gasteiger partial charge on any atom is 0.122 e. The number of piperazine rings is 1. The quantitative estimate of drug-likeness (QED) is 0.780. The Kier molecular flexibility index (Phi) is 5.51. The molecular weight excluding hydrogens is 332 g/mol. The SMILES string of the molecule is COc1ccc(C2CCCC3CN(Cc4ccccc4)CCN32)c(C)c1C. The molecule has 0 amide bonds. The summed E-state index contributed by atoms with van der Waals surface area (Å²) >= 11 is 0. The highest BCUT2D eigenvalue weighted by atomic mass is 16.5. The van der Waals surface area contributed by atoms with E-state index in [1.807, 2.05) is 0 Å². The largest absolute Gasteiger partial charge is 0.496 e. The van der Waals surface area contributed by atoms with Gasteiger partial charge in [0.25, 0.3) is 0 Å². The van der Waals surface area contributed by atoms with Crippen molar-refractivity contribution in [3.05, 3.63) is 64.7 Å². The molecule has 2 aromatic rings. The van der Waals surface area contributed by atoms with Gasteiger partial charge in [0.2, 0.25) is 0 Å². The fourth-order valence-electron chi connectivity index (χ4n) is 5.03. The van der Waals surface area contributed by atoms with Crippen LogP contribution >= 0.6 is 0 Å². The van der Waals surface area contributed by atoms with E-state index in [9.17, 15) is 0 Å². The number of rotatable bonds is 4. The van der Waals surface area contributed by atoms with E-state index in [-0.39, 0.29) is 0 Å². The summed E-state index contributed by atoms with van der Waals surface area (Å²) in [6.45, 7) is 9.07. The Morgan fingerprint density at radius 2 is 1.78 bits per heavy atom. The summed E-state index contributed by atoms with van der Waals surface area (Å²) < 4.78 is 5.53. The van der Waals surface area contributed by atoms with Crippen LogP contribution < -0.4 is 4.74 Å². The lowest BCUT2D eigenvalue weighted by molar-refractivity contribution is 0.00617. The van der Waals surface area contributed by atoms with Crippen LogP contribution in [0.4, 0.5) is 0 Å². The highest BCUT2D eigenvalue weighted by Gasteiger charge is 2.36. The zero-order valence-electron chi connectivity index (χ0n) is 16.9. The van der Waals surface area contributed by atoms with Crippen molar-refractivity contribution in [2.75, 3.05) is 26.7 Å². The van der Waals surface area contributed by atoms with Crippen molar-refractivity contribution in [2.45, 2.75) is 51.7 Å². The van der Waals surface area contributed by atoms with Crippen LogP contribution in [0.1, 0.15) is 47.6 Å². The summed E-state index contributed by atoms with van der Waals surface area (Å²) in [5, 5.41) is 0. The van der Waals surface area contributed by atoms with Crippen LogP contribution in [0.2, 0.25) is 0 Å². The van der Waals surface area contributed by atoms with Gasteiger partial charge in [-0.15, -0.1) is 0 Å². The van der Waals surface area contributed by atoms with Crippen molar-refractivity contribution in [2.24, 2.45) is 0 Å². The molecule has 0 radical (unpaired) electrons. The Hall–Kier alpha value is -1.84. The lowest BCUT2D eigenvalue weighted by atomic mass is 9.86. The van der Waals surface area contributed by atoms with Crippen LogP contribution in [0.25, 0.3) is 0 Å². The molecule has 0 aliphatic carbocycles. The van der Waals surface area contributed by atoms with E-state index in [0.717, 1.165) is 18.8 Å². The highest BCUT2D eigenvalue weighted by Crippen LogP contribution is 2.39. The minimum atomic E-state index is 0.562. The Morgan fingerprint density at radius 1 is 0.963 bits per heavy atom. The molecule has 27 heavy (non-hydrogen) atoms. The monoisotopic (exact) mass is 364 g/mol. The van der Waals surface area contributed by atoms with Crippen molar-refractivity contribution in [3.63, 3.8) is 0 Å². The molecule has 3 heteroatoms. The van der Waals surface area contributed by atoms with Crippen LogP contribution in [0.15, 0.2) is 42.5 Å². The van der Waals surface area contributed by atoms with E-state index in [0.29, 0.717) is 12.1 Å². The number of nitrogens with zero attached hydrogens (tertiary/aromatic N) is 2. The number of piperidine rings is 1. The second kappa shape index (κ2) is 8.04. The number of fused-ring (bicyclic) bond motifs is 1. The van der Waals surface area contributed by atoms with Gasteiger partial charge >= 0.3 is 0 Å². The molecule has 0 saturated carbocycles. The fraction of sp³-hybridized carbons (Fsp3) is 0.500. The van der Waals surface area contributed by atoms with Crippen LogP contribution in [0.3, 0.4) is 0 Å². The second-order valence-corrected chi connectivity index (χ2v) is 8.17. The van der Waals surface area contributed by atoms with Gasteiger partial charge in [-0.25, -0.2) is 0 Å². The molecule has 0 bridgehead atoms. The van der Waals surface area contributed by atoms with Gasteiger partial charge in [-0.1, -0.05) is 36.4 Å². The predicted octanol–water partition coefficient (Wildman–Crippen LogP) is 4.72. The van der Waals surface area contributed by atoms with E-state index in [1.54, 1.807) is 7.11 Å². The van der Waals surface area contributed by atoms with E-state index in [4.69, 9.17) is 4.74 Å². The van der Waals surface area contributed by atoms with Crippen LogP contribution in [-0.4, -0.2) is 42.6 Å². The normalized spacial score (nSPS) is 23.8. The Morgan fingerprint density at radius 3 is 2.56 bits per heavy atom. The van der Waals surface area contributed by atoms with Gasteiger partial charge in [-0.3, -0.25) is 9.80 Å². The average Bonchev–Trinajstić information content (AvgIpc) is 2.70. The molecule has 4 rings (SSSR count). The van der Waals surface area contributed by atoms with E-state index >= 15 is 0 Å². The standard InChI is InChI=1S/C24H32N2O/c1-18-19(2)24(27-3)13-12-22(18)23-11-7-10-21-17-25(14-15-26(21)23)16-20-8-5-4-6-9-20/h4-6,8-9,12-13,21,23H,7,10-11,14-17H2,1-3H3. The van der Waals surface area contributed by atoms with Crippen LogP contribution in [0.5, 0.6) is 5.75 Å². The predicted molar refractivity (Wildman–Crippen MR) is 111 cm³/mol. The zero-order chi connectivity index (χ0) is 18.8. The summed E-state index contributed by atoms with van der Waals surface area (Å²) in [5.74, 6) is 1.01. The van der Waals surface area contributed by atoms with Crippen molar-refractivity contribution in [1.29, 1.82) is 0 Å². The number of hydrogen-bond donors (Lipinski definition) is 0. The van der Waals surface area contributed by atoms with Crippen LogP contribution in [0, 0.1) is 13.8 Å². The van der Waals surface area contributed by atoms with Crippen molar-refractivity contribution in [3.8, 4) is 5.75 Å². The summed E-state index contributed by atoms with van der Waals surface area (Å²) in [4.78, 5) is 5.43. The molecule has 144 valence electrons. The van der Waals surface area contributed by atoms with Gasteiger partial charge < -0.3 is 4.74 Å². The maximum absolute atomic E-state index is 5.53. The molecule has 2 atom stereocenters. The van der Waals surface area contributed by atoms with E-state index < -0.39 is 0 Å². The summed E-state index contributed by atoms with van der Waals surface area (Å²) in [6.07, 6.45) is 3.94. The topological polar surface area (TPSA) is 15.7 Å². The molecule has 0 aromatic heterocycles. The Labute approximate surface area is 163 Å². The first-order valence-corrected chi connectivity index (χ1v) is 10.3. The van der Waals surface area contributed by atoms with Gasteiger partial charge in [0.05, 0.1) is 7.11 Å². The third kappa shape index (κ3) is 3.76. The van der Waals surface area contributed by atoms with E-state index in [1.165, 1.54) is 54.6 Å². The third-order valence-corrected chi connectivity index (χ3v) is 6.63. The maximum atomic E-state index is 5.53. The zero-order valence-corrected chi connectivity index (χ0v) is 16.9. The van der Waals surface area contributed by atoms with Gasteiger partial charge in [-0.2, -0.15) is 0 Å². The molecule has 2 fully saturated rings. The molecule has 3 nitrogen and oxygen atoms in total. The lowest BCUT2D eigenvalue weighted by Crippen LogP contribution is -2.55. The molecule has 2 heterocycles. The van der Waals surface area contributed by atoms with Crippen molar-refractivity contribution in [1.82, 2.24) is 9.80 Å². The number of methoxy groups -OCH3 is 1.